The zero-order valence-corrected chi connectivity index (χ0v) is 41.0. The third kappa shape index (κ3) is 4.82. The van der Waals surface area contributed by atoms with Gasteiger partial charge in [0.05, 0.1) is 33.3 Å². The van der Waals surface area contributed by atoms with Crippen LogP contribution in [0.25, 0.3) is 159 Å². The van der Waals surface area contributed by atoms with Crippen LogP contribution in [0.1, 0.15) is 0 Å². The molecule has 13 aromatic carbocycles. The molecule has 5 heterocycles. The molecule has 0 N–H and O–H groups in total. The highest BCUT2D eigenvalue weighted by molar-refractivity contribution is 7.00. The van der Waals surface area contributed by atoms with E-state index < -0.39 is 0 Å². The number of hydrogen-bond acceptors (Lipinski definition) is 0. The quantitative estimate of drug-likeness (QED) is 0.157. The van der Waals surface area contributed by atoms with Gasteiger partial charge in [-0.3, -0.25) is 0 Å². The van der Waals surface area contributed by atoms with Gasteiger partial charge in [-0.25, -0.2) is 0 Å². The standard InChI is InChI=1S/C72H40BN3/c1-3-14-41(15-4-1)46-29-32-59-55(36-46)56-37-47(42-16-5-2-6-17-42)38-58-71(56)75(59)63-39-48(74-60-33-26-43-18-7-9-21-49(43)66(60)67-50-22-10-8-19-44(50)27-34-61(67)74)40-64-70(63)73(58)57-31-30-54-52-24-12-11-23-51(52)53-25-13-20-45-28-35-62-69(65(45)53)68(54)72(57)76(62)64/h1-40H. The number of benzene rings is 13. The van der Waals surface area contributed by atoms with E-state index in [9.17, 15) is 0 Å². The van der Waals surface area contributed by atoms with E-state index in [1.165, 1.54) is 170 Å². The van der Waals surface area contributed by atoms with E-state index in [4.69, 9.17) is 0 Å². The van der Waals surface area contributed by atoms with Crippen molar-refractivity contribution in [2.24, 2.45) is 0 Å². The van der Waals surface area contributed by atoms with Gasteiger partial charge >= 0.3 is 0 Å². The first-order chi connectivity index (χ1) is 37.7. The summed E-state index contributed by atoms with van der Waals surface area (Å²) < 4.78 is 7.92. The summed E-state index contributed by atoms with van der Waals surface area (Å²) in [5, 5.41) is 15.4. The molecule has 0 bridgehead atoms. The fourth-order valence-corrected chi connectivity index (χ4v) is 14.9. The molecule has 3 aromatic heterocycles. The van der Waals surface area contributed by atoms with Crippen LogP contribution < -0.4 is 16.4 Å². The normalized spacial score (nSPS) is 13.0. The van der Waals surface area contributed by atoms with Crippen LogP contribution in [-0.4, -0.2) is 20.4 Å². The van der Waals surface area contributed by atoms with E-state index in [1.807, 2.05) is 0 Å². The lowest BCUT2D eigenvalue weighted by atomic mass is 9.34. The molecule has 1 aliphatic carbocycles. The average molecular weight is 958 g/mol. The average Bonchev–Trinajstić information content (AvgIpc) is 4.32. The molecule has 0 saturated carbocycles. The fourth-order valence-electron chi connectivity index (χ4n) is 14.9. The predicted octanol–water partition coefficient (Wildman–Crippen LogP) is 16.6. The van der Waals surface area contributed by atoms with Crippen molar-refractivity contribution < 1.29 is 0 Å². The van der Waals surface area contributed by atoms with Gasteiger partial charge in [0.25, 0.3) is 6.71 Å². The molecule has 0 amide bonds. The van der Waals surface area contributed by atoms with Crippen LogP contribution in [0.5, 0.6) is 0 Å². The van der Waals surface area contributed by atoms with Gasteiger partial charge in [0, 0.05) is 49.2 Å². The molecule has 76 heavy (non-hydrogen) atoms. The second-order valence-corrected chi connectivity index (χ2v) is 21.5. The predicted molar refractivity (Wildman–Crippen MR) is 322 cm³/mol. The summed E-state index contributed by atoms with van der Waals surface area (Å²) in [5.74, 6) is 0. The summed E-state index contributed by atoms with van der Waals surface area (Å²) in [6, 6.07) is 92.2. The molecule has 3 aliphatic rings. The largest absolute Gasteiger partial charge is 0.310 e. The minimum absolute atomic E-state index is 0.0586. The molecule has 0 saturated heterocycles. The van der Waals surface area contributed by atoms with Crippen molar-refractivity contribution >= 4 is 121 Å². The second kappa shape index (κ2) is 14.0. The Hall–Kier alpha value is -9.90. The first kappa shape index (κ1) is 39.6. The maximum Gasteiger partial charge on any atom is 0.252 e. The summed E-state index contributed by atoms with van der Waals surface area (Å²) in [6.07, 6.45) is 0. The molecule has 0 fully saturated rings. The number of fused-ring (bicyclic) bond motifs is 18. The van der Waals surface area contributed by atoms with Gasteiger partial charge in [-0.1, -0.05) is 194 Å². The van der Waals surface area contributed by atoms with Gasteiger partial charge in [-0.15, -0.1) is 0 Å². The Morgan fingerprint density at radius 2 is 0.803 bits per heavy atom. The first-order valence-electron chi connectivity index (χ1n) is 26.6. The Morgan fingerprint density at radius 1 is 0.263 bits per heavy atom. The van der Waals surface area contributed by atoms with E-state index in [0.29, 0.717) is 0 Å². The fraction of sp³-hybridized carbons (Fsp3) is 0. The van der Waals surface area contributed by atoms with E-state index in [2.05, 4.69) is 256 Å². The zero-order chi connectivity index (χ0) is 49.1. The Morgan fingerprint density at radius 3 is 1.50 bits per heavy atom. The monoisotopic (exact) mass is 957 g/mol. The Kier molecular flexibility index (Phi) is 7.31. The molecule has 16 aromatic rings. The minimum atomic E-state index is -0.0586. The van der Waals surface area contributed by atoms with E-state index >= 15 is 0 Å². The molecule has 0 radical (unpaired) electrons. The second-order valence-electron chi connectivity index (χ2n) is 21.5. The molecule has 3 nitrogen and oxygen atoms in total. The molecule has 0 spiro atoms. The summed E-state index contributed by atoms with van der Waals surface area (Å²) in [6.45, 7) is -0.0586. The van der Waals surface area contributed by atoms with E-state index in [-0.39, 0.29) is 6.71 Å². The number of nitrogens with zero attached hydrogens (tertiary/aromatic N) is 3. The van der Waals surface area contributed by atoms with Crippen molar-refractivity contribution in [2.75, 3.05) is 0 Å². The van der Waals surface area contributed by atoms with Crippen molar-refractivity contribution in [3.8, 4) is 61.6 Å². The highest BCUT2D eigenvalue weighted by Crippen LogP contribution is 2.51. The van der Waals surface area contributed by atoms with Crippen molar-refractivity contribution in [1.82, 2.24) is 13.7 Å². The third-order valence-corrected chi connectivity index (χ3v) is 17.9. The Labute approximate surface area is 436 Å². The zero-order valence-electron chi connectivity index (χ0n) is 41.0. The minimum Gasteiger partial charge on any atom is -0.310 e. The highest BCUT2D eigenvalue weighted by Gasteiger charge is 2.43. The molecule has 19 rings (SSSR count). The lowest BCUT2D eigenvalue weighted by Crippen LogP contribution is -2.59. The molecule has 0 unspecified atom stereocenters. The van der Waals surface area contributed by atoms with Gasteiger partial charge in [0.15, 0.2) is 0 Å². The van der Waals surface area contributed by atoms with Crippen molar-refractivity contribution in [1.29, 1.82) is 0 Å². The lowest BCUT2D eigenvalue weighted by molar-refractivity contribution is 1.10. The Bertz CT molecular complexity index is 5250. The van der Waals surface area contributed by atoms with E-state index in [0.717, 1.165) is 5.69 Å². The third-order valence-electron chi connectivity index (χ3n) is 17.9. The van der Waals surface area contributed by atoms with Crippen LogP contribution >= 0.6 is 0 Å². The topological polar surface area (TPSA) is 14.8 Å². The van der Waals surface area contributed by atoms with Crippen molar-refractivity contribution in [2.45, 2.75) is 0 Å². The Balaban J connectivity index is 1.03. The van der Waals surface area contributed by atoms with Crippen LogP contribution in [0.2, 0.25) is 0 Å². The summed E-state index contributed by atoms with van der Waals surface area (Å²) in [4.78, 5) is 0. The van der Waals surface area contributed by atoms with Gasteiger partial charge < -0.3 is 13.7 Å². The van der Waals surface area contributed by atoms with Crippen LogP contribution in [0.4, 0.5) is 0 Å². The molecule has 4 heteroatoms. The SMILES string of the molecule is c1ccc(-c2ccc3c(c2)c2cc(-c4ccccc4)cc4c2n3-c2cc(-n3c5ccc6ccccc6c5c5c6ccccc6ccc53)cc3c2B4c2ccc4c5c6c7c(cccc7ccc6n-3c25)-c2ccccc2-4)cc1. The van der Waals surface area contributed by atoms with Crippen molar-refractivity contribution in [3.63, 3.8) is 0 Å². The number of hydrogen-bond donors (Lipinski definition) is 0. The smallest absolute Gasteiger partial charge is 0.252 e. The van der Waals surface area contributed by atoms with E-state index in [1.54, 1.807) is 0 Å². The van der Waals surface area contributed by atoms with Crippen LogP contribution in [0.3, 0.4) is 0 Å². The lowest BCUT2D eigenvalue weighted by Gasteiger charge is -2.35. The number of aromatic nitrogens is 3. The summed E-state index contributed by atoms with van der Waals surface area (Å²) in [5.41, 5.74) is 25.2. The van der Waals surface area contributed by atoms with Crippen LogP contribution in [0, 0.1) is 0 Å². The summed E-state index contributed by atoms with van der Waals surface area (Å²) in [7, 11) is 0. The molecule has 346 valence electrons. The molecule has 2 aliphatic heterocycles. The van der Waals surface area contributed by atoms with Gasteiger partial charge in [0.2, 0.25) is 0 Å². The van der Waals surface area contributed by atoms with Crippen molar-refractivity contribution in [3.05, 3.63) is 243 Å². The van der Waals surface area contributed by atoms with Gasteiger partial charge in [-0.05, 0) is 142 Å². The molecular weight excluding hydrogens is 918 g/mol. The maximum atomic E-state index is 2.69. The van der Waals surface area contributed by atoms with Crippen LogP contribution in [0.15, 0.2) is 243 Å². The van der Waals surface area contributed by atoms with Gasteiger partial charge in [-0.2, -0.15) is 0 Å². The number of rotatable bonds is 3. The molecular formula is C72H40BN3. The first-order valence-corrected chi connectivity index (χ1v) is 26.6. The maximum absolute atomic E-state index is 2.69. The summed E-state index contributed by atoms with van der Waals surface area (Å²) >= 11 is 0. The van der Waals surface area contributed by atoms with Gasteiger partial charge in [0.1, 0.15) is 0 Å². The highest BCUT2D eigenvalue weighted by atomic mass is 15.1. The van der Waals surface area contributed by atoms with Crippen LogP contribution in [-0.2, 0) is 0 Å². The molecule has 0 atom stereocenters.